The van der Waals surface area contributed by atoms with Gasteiger partial charge in [0.2, 0.25) is 0 Å². The monoisotopic (exact) mass is 312 g/mol. The van der Waals surface area contributed by atoms with Gasteiger partial charge in [0.25, 0.3) is 5.69 Å². The molecular weight excluding hydrogens is 298 g/mol. The molecule has 0 fully saturated rings. The third kappa shape index (κ3) is 4.15. The second-order valence-corrected chi connectivity index (χ2v) is 4.89. The number of amidine groups is 1. The molecule has 0 unspecified atom stereocenters. The zero-order chi connectivity index (χ0) is 15.9. The summed E-state index contributed by atoms with van der Waals surface area (Å²) in [7, 11) is 0. The number of nitrogens with one attached hydrogen (secondary N) is 1. The quantitative estimate of drug-likeness (QED) is 0.309. The maximum absolute atomic E-state index is 10.6. The van der Waals surface area contributed by atoms with E-state index in [-0.39, 0.29) is 5.69 Å². The summed E-state index contributed by atoms with van der Waals surface area (Å²) in [6, 6.07) is 14.2. The summed E-state index contributed by atoms with van der Waals surface area (Å²) >= 11 is 4.71. The maximum Gasteiger partial charge on any atom is 0.331 e. The first kappa shape index (κ1) is 15.7. The molecule has 0 spiro atoms. The molecule has 0 bridgehead atoms. The van der Waals surface area contributed by atoms with E-state index in [2.05, 4.69) is 15.1 Å². The lowest BCUT2D eigenvalue weighted by Gasteiger charge is -1.96. The van der Waals surface area contributed by atoms with E-state index in [1.165, 1.54) is 12.1 Å². The highest BCUT2D eigenvalue weighted by atomic mass is 32.1. The number of isothiocyanates is 1. The van der Waals surface area contributed by atoms with E-state index in [9.17, 15) is 10.1 Å². The summed E-state index contributed by atoms with van der Waals surface area (Å²) in [5, 5.41) is 13.1. The minimum absolute atomic E-state index is 0.0665. The predicted octanol–water partition coefficient (Wildman–Crippen LogP) is 2.03. The summed E-state index contributed by atoms with van der Waals surface area (Å²) < 4.78 is 0. The number of nitro benzene ring substituents is 1. The standard InChI is InChI=1S/C16H13N3O2S/c1-12-2-6-14(7-3-12)16(18-11-22)17-10-13-4-8-15(9-5-13)19(20)21/h2-9H,10H2,1H3/p+1. The zero-order valence-electron chi connectivity index (χ0n) is 11.9. The van der Waals surface area contributed by atoms with Crippen molar-refractivity contribution in [2.24, 2.45) is 4.99 Å². The lowest BCUT2D eigenvalue weighted by Crippen LogP contribution is -2.72. The van der Waals surface area contributed by atoms with Gasteiger partial charge in [-0.1, -0.05) is 22.7 Å². The van der Waals surface area contributed by atoms with Crippen molar-refractivity contribution in [1.82, 2.24) is 0 Å². The number of nitro groups is 1. The van der Waals surface area contributed by atoms with E-state index < -0.39 is 4.92 Å². The highest BCUT2D eigenvalue weighted by Gasteiger charge is 2.10. The van der Waals surface area contributed by atoms with Gasteiger partial charge in [-0.3, -0.25) is 10.1 Å². The Labute approximate surface area is 133 Å². The number of aryl methyl sites for hydroxylation is 1. The zero-order valence-corrected chi connectivity index (χ0v) is 12.8. The Balaban J connectivity index is 2.21. The average Bonchev–Trinajstić information content (AvgIpc) is 2.53. The Kier molecular flexibility index (Phi) is 5.25. The van der Waals surface area contributed by atoms with E-state index in [1.54, 1.807) is 12.1 Å². The van der Waals surface area contributed by atoms with Gasteiger partial charge >= 0.3 is 5.84 Å². The van der Waals surface area contributed by atoms with Crippen molar-refractivity contribution < 1.29 is 9.92 Å². The van der Waals surface area contributed by atoms with Crippen LogP contribution in [-0.4, -0.2) is 15.9 Å². The summed E-state index contributed by atoms with van der Waals surface area (Å²) in [6.07, 6.45) is 0. The molecule has 0 aliphatic heterocycles. The lowest BCUT2D eigenvalue weighted by molar-refractivity contribution is -0.384. The summed E-state index contributed by atoms with van der Waals surface area (Å²) in [4.78, 5) is 17.5. The number of non-ortho nitro benzene ring substituents is 1. The minimum Gasteiger partial charge on any atom is -0.258 e. The van der Waals surface area contributed by atoms with Crippen molar-refractivity contribution in [3.05, 3.63) is 75.3 Å². The van der Waals surface area contributed by atoms with Gasteiger partial charge in [0.1, 0.15) is 5.16 Å². The maximum atomic E-state index is 10.6. The molecule has 0 radical (unpaired) electrons. The molecule has 0 saturated heterocycles. The molecule has 2 aromatic rings. The van der Waals surface area contributed by atoms with Gasteiger partial charge in [0.15, 0.2) is 6.54 Å². The van der Waals surface area contributed by atoms with Crippen LogP contribution in [-0.2, 0) is 6.54 Å². The first-order chi connectivity index (χ1) is 10.6. The van der Waals surface area contributed by atoms with Crippen LogP contribution >= 0.6 is 12.2 Å². The van der Waals surface area contributed by atoms with Crippen LogP contribution in [0.2, 0.25) is 0 Å². The first-order valence-corrected chi connectivity index (χ1v) is 6.99. The number of benzene rings is 2. The van der Waals surface area contributed by atoms with Crippen molar-refractivity contribution in [1.29, 1.82) is 0 Å². The van der Waals surface area contributed by atoms with Crippen LogP contribution < -0.4 is 4.99 Å². The fraction of sp³-hybridized carbons (Fsp3) is 0.125. The molecule has 1 N–H and O–H groups in total. The van der Waals surface area contributed by atoms with Crippen LogP contribution in [0.5, 0.6) is 0 Å². The third-order valence-electron chi connectivity index (χ3n) is 3.06. The summed E-state index contributed by atoms with van der Waals surface area (Å²) in [6.45, 7) is 2.40. The van der Waals surface area contributed by atoms with E-state index in [0.717, 1.165) is 16.7 Å². The van der Waals surface area contributed by atoms with Gasteiger partial charge in [-0.25, -0.2) is 0 Å². The number of hydrogen-bond acceptors (Lipinski definition) is 4. The molecule has 0 aromatic heterocycles. The fourth-order valence-corrected chi connectivity index (χ4v) is 1.95. The largest absolute Gasteiger partial charge is 0.331 e. The molecule has 0 aliphatic carbocycles. The smallest absolute Gasteiger partial charge is 0.258 e. The molecule has 0 saturated carbocycles. The van der Waals surface area contributed by atoms with Crippen molar-refractivity contribution >= 4 is 28.9 Å². The second-order valence-electron chi connectivity index (χ2n) is 4.68. The van der Waals surface area contributed by atoms with Crippen molar-refractivity contribution in [3.63, 3.8) is 0 Å². The minimum atomic E-state index is -0.423. The van der Waals surface area contributed by atoms with Gasteiger partial charge in [-0.05, 0) is 36.8 Å². The second kappa shape index (κ2) is 7.36. The van der Waals surface area contributed by atoms with Gasteiger partial charge in [-0.2, -0.15) is 4.99 Å². The Morgan fingerprint density at radius 3 is 2.41 bits per heavy atom. The highest BCUT2D eigenvalue weighted by molar-refractivity contribution is 7.78. The van der Waals surface area contributed by atoms with Crippen molar-refractivity contribution in [3.8, 4) is 0 Å². The Morgan fingerprint density at radius 2 is 1.86 bits per heavy atom. The fourth-order valence-electron chi connectivity index (χ4n) is 1.86. The van der Waals surface area contributed by atoms with Crippen LogP contribution in [0.4, 0.5) is 5.69 Å². The number of thiocarbonyl (C=S) groups is 1. The average molecular weight is 312 g/mol. The SMILES string of the molecule is Cc1ccc(C(=NCc2ccc([N+](=O)[O-])cc2)[NH+]=C=S)cc1. The van der Waals surface area contributed by atoms with Gasteiger partial charge in [0, 0.05) is 24.4 Å². The van der Waals surface area contributed by atoms with Crippen LogP contribution in [0, 0.1) is 17.0 Å². The molecule has 0 amide bonds. The van der Waals surface area contributed by atoms with Crippen LogP contribution in [0.1, 0.15) is 16.7 Å². The van der Waals surface area contributed by atoms with E-state index in [1.807, 2.05) is 31.2 Å². The third-order valence-corrected chi connectivity index (χ3v) is 3.16. The van der Waals surface area contributed by atoms with Crippen LogP contribution in [0.15, 0.2) is 53.5 Å². The molecule has 6 heteroatoms. The molecular formula is C16H14N3O2S+. The van der Waals surface area contributed by atoms with Crippen molar-refractivity contribution in [2.45, 2.75) is 13.5 Å². The molecule has 2 rings (SSSR count). The molecule has 0 atom stereocenters. The van der Waals surface area contributed by atoms with E-state index >= 15 is 0 Å². The molecule has 0 heterocycles. The van der Waals surface area contributed by atoms with E-state index in [0.29, 0.717) is 12.4 Å². The number of hydrogen-bond donors (Lipinski definition) is 1. The first-order valence-electron chi connectivity index (χ1n) is 6.58. The van der Waals surface area contributed by atoms with Gasteiger partial charge in [0.05, 0.1) is 10.5 Å². The van der Waals surface area contributed by atoms with Gasteiger partial charge < -0.3 is 0 Å². The highest BCUT2D eigenvalue weighted by Crippen LogP contribution is 2.12. The predicted molar refractivity (Wildman–Crippen MR) is 88.1 cm³/mol. The molecule has 2 aromatic carbocycles. The number of rotatable bonds is 4. The van der Waals surface area contributed by atoms with Gasteiger partial charge in [-0.15, -0.1) is 0 Å². The lowest BCUT2D eigenvalue weighted by atomic mass is 10.1. The Morgan fingerprint density at radius 1 is 1.23 bits per heavy atom. The Hall–Kier alpha value is -2.69. The molecule has 110 valence electrons. The van der Waals surface area contributed by atoms with Crippen LogP contribution in [0.3, 0.4) is 0 Å². The summed E-state index contributed by atoms with van der Waals surface area (Å²) in [5.41, 5.74) is 3.01. The molecule has 0 aliphatic rings. The molecule has 5 nitrogen and oxygen atoms in total. The van der Waals surface area contributed by atoms with Crippen molar-refractivity contribution in [2.75, 3.05) is 0 Å². The number of nitrogens with zero attached hydrogens (tertiary/aromatic N) is 2. The van der Waals surface area contributed by atoms with Crippen LogP contribution in [0.25, 0.3) is 0 Å². The molecule has 22 heavy (non-hydrogen) atoms. The topological polar surface area (TPSA) is 69.5 Å². The normalized spacial score (nSPS) is 10.9. The van der Waals surface area contributed by atoms with E-state index in [4.69, 9.17) is 12.2 Å². The number of aliphatic imine (C=N–C) groups is 1. The summed E-state index contributed by atoms with van der Waals surface area (Å²) in [5.74, 6) is 0.619. The Bertz CT molecular complexity index is 746.